The topological polar surface area (TPSA) is 72.2 Å². The van der Waals surface area contributed by atoms with Crippen molar-refractivity contribution in [3.63, 3.8) is 0 Å². The Bertz CT molecular complexity index is 507. The number of nitrogens with one attached hydrogen (secondary N) is 1. The van der Waals surface area contributed by atoms with Crippen molar-refractivity contribution in [3.8, 4) is 0 Å². The lowest BCUT2D eigenvalue weighted by Gasteiger charge is -2.15. The zero-order chi connectivity index (χ0) is 14.6. The molecular weight excluding hydrogens is 280 g/mol. The Labute approximate surface area is 120 Å². The van der Waals surface area contributed by atoms with Crippen molar-refractivity contribution in [3.05, 3.63) is 15.8 Å². The first-order chi connectivity index (χ1) is 8.76. The molecule has 1 unspecified atom stereocenters. The molecule has 0 amide bonds. The van der Waals surface area contributed by atoms with Gasteiger partial charge in [-0.05, 0) is 38.7 Å². The van der Waals surface area contributed by atoms with Gasteiger partial charge in [-0.2, -0.15) is 0 Å². The fourth-order valence-electron chi connectivity index (χ4n) is 1.86. The summed E-state index contributed by atoms with van der Waals surface area (Å²) in [5.74, 6) is 0.582. The molecule has 1 aromatic heterocycles. The Balaban J connectivity index is 2.77. The Morgan fingerprint density at radius 2 is 1.95 bits per heavy atom. The molecular formula is C13H24N2O2S2. The van der Waals surface area contributed by atoms with Gasteiger partial charge in [-0.1, -0.05) is 13.8 Å². The highest BCUT2D eigenvalue weighted by Gasteiger charge is 2.21. The maximum Gasteiger partial charge on any atom is 0.241 e. The molecule has 1 aromatic rings. The van der Waals surface area contributed by atoms with Gasteiger partial charge in [0.25, 0.3) is 0 Å². The van der Waals surface area contributed by atoms with Crippen molar-refractivity contribution in [2.75, 3.05) is 0 Å². The molecule has 0 aromatic carbocycles. The van der Waals surface area contributed by atoms with Gasteiger partial charge in [-0.25, -0.2) is 13.1 Å². The zero-order valence-electron chi connectivity index (χ0n) is 12.1. The number of aryl methyl sites for hydroxylation is 1. The van der Waals surface area contributed by atoms with Crippen LogP contribution in [0.25, 0.3) is 0 Å². The molecule has 0 aliphatic rings. The van der Waals surface area contributed by atoms with Crippen molar-refractivity contribution < 1.29 is 8.42 Å². The molecule has 4 nitrogen and oxygen atoms in total. The van der Waals surface area contributed by atoms with Gasteiger partial charge >= 0.3 is 0 Å². The Hall–Kier alpha value is -0.430. The number of nitrogens with two attached hydrogens (primary N) is 1. The van der Waals surface area contributed by atoms with Crippen molar-refractivity contribution in [2.45, 2.75) is 58.0 Å². The lowest BCUT2D eigenvalue weighted by Crippen LogP contribution is -2.32. The van der Waals surface area contributed by atoms with E-state index in [4.69, 9.17) is 5.73 Å². The lowest BCUT2D eigenvalue weighted by atomic mass is 10.1. The summed E-state index contributed by atoms with van der Waals surface area (Å²) < 4.78 is 27.3. The van der Waals surface area contributed by atoms with Gasteiger partial charge in [0.1, 0.15) is 0 Å². The van der Waals surface area contributed by atoms with Crippen molar-refractivity contribution >= 4 is 21.4 Å². The van der Waals surface area contributed by atoms with E-state index in [-0.39, 0.29) is 6.04 Å². The van der Waals surface area contributed by atoms with Gasteiger partial charge in [-0.15, -0.1) is 11.3 Å². The van der Waals surface area contributed by atoms with E-state index in [1.54, 1.807) is 6.07 Å². The van der Waals surface area contributed by atoms with Crippen LogP contribution in [-0.4, -0.2) is 14.5 Å². The summed E-state index contributed by atoms with van der Waals surface area (Å²) in [4.78, 5) is 2.06. The number of thiophene rings is 1. The van der Waals surface area contributed by atoms with E-state index in [1.165, 1.54) is 11.3 Å². The number of sulfonamides is 1. The molecule has 1 atom stereocenters. The SMILES string of the molecule is Cc1sc(CN)cc1S(=O)(=O)NC(C)CCC(C)C. The predicted octanol–water partition coefficient (Wildman–Crippen LogP) is 2.62. The zero-order valence-corrected chi connectivity index (χ0v) is 13.7. The molecule has 6 heteroatoms. The van der Waals surface area contributed by atoms with Gasteiger partial charge in [0, 0.05) is 22.3 Å². The van der Waals surface area contributed by atoms with E-state index in [9.17, 15) is 8.42 Å². The molecule has 19 heavy (non-hydrogen) atoms. The fraction of sp³-hybridized carbons (Fsp3) is 0.692. The van der Waals surface area contributed by atoms with Crippen LogP contribution in [0.2, 0.25) is 0 Å². The van der Waals surface area contributed by atoms with E-state index >= 15 is 0 Å². The Kier molecular flexibility index (Phi) is 5.98. The molecule has 0 saturated heterocycles. The molecule has 1 rings (SSSR count). The van der Waals surface area contributed by atoms with Crippen molar-refractivity contribution in [2.24, 2.45) is 11.7 Å². The van der Waals surface area contributed by atoms with Gasteiger partial charge in [0.15, 0.2) is 0 Å². The summed E-state index contributed by atoms with van der Waals surface area (Å²) in [5, 5.41) is 0. The van der Waals surface area contributed by atoms with E-state index in [0.717, 1.165) is 22.6 Å². The van der Waals surface area contributed by atoms with Crippen LogP contribution in [0, 0.1) is 12.8 Å². The van der Waals surface area contributed by atoms with E-state index in [0.29, 0.717) is 17.4 Å². The third-order valence-electron chi connectivity index (χ3n) is 2.95. The highest BCUT2D eigenvalue weighted by Crippen LogP contribution is 2.25. The molecule has 0 bridgehead atoms. The summed E-state index contributed by atoms with van der Waals surface area (Å²) >= 11 is 1.44. The average Bonchev–Trinajstić information content (AvgIpc) is 2.68. The first-order valence-electron chi connectivity index (χ1n) is 6.58. The third kappa shape index (κ3) is 4.87. The number of rotatable bonds is 7. The molecule has 0 aliphatic carbocycles. The minimum Gasteiger partial charge on any atom is -0.326 e. The second-order valence-electron chi connectivity index (χ2n) is 5.33. The van der Waals surface area contributed by atoms with Gasteiger partial charge < -0.3 is 5.73 Å². The molecule has 0 saturated carbocycles. The van der Waals surface area contributed by atoms with Crippen LogP contribution < -0.4 is 10.5 Å². The third-order valence-corrected chi connectivity index (χ3v) is 5.87. The molecule has 110 valence electrons. The van der Waals surface area contributed by atoms with Crippen LogP contribution in [-0.2, 0) is 16.6 Å². The summed E-state index contributed by atoms with van der Waals surface area (Å²) in [5.41, 5.74) is 5.55. The van der Waals surface area contributed by atoms with Crippen LogP contribution in [0.5, 0.6) is 0 Å². The van der Waals surface area contributed by atoms with E-state index in [1.807, 2.05) is 13.8 Å². The molecule has 0 radical (unpaired) electrons. The molecule has 0 fully saturated rings. The highest BCUT2D eigenvalue weighted by atomic mass is 32.2. The first-order valence-corrected chi connectivity index (χ1v) is 8.88. The minimum atomic E-state index is -3.42. The normalized spacial score (nSPS) is 14.0. The second kappa shape index (κ2) is 6.83. The largest absolute Gasteiger partial charge is 0.326 e. The van der Waals surface area contributed by atoms with Gasteiger partial charge in [0.2, 0.25) is 10.0 Å². The smallest absolute Gasteiger partial charge is 0.241 e. The summed E-state index contributed by atoms with van der Waals surface area (Å²) in [7, 11) is -3.42. The van der Waals surface area contributed by atoms with Crippen LogP contribution >= 0.6 is 11.3 Å². The summed E-state index contributed by atoms with van der Waals surface area (Å²) in [6.45, 7) is 8.38. The standard InChI is InChI=1S/C13H24N2O2S2/c1-9(2)5-6-10(3)15-19(16,17)13-7-12(8-14)18-11(13)4/h7,9-10,15H,5-6,8,14H2,1-4H3. The van der Waals surface area contributed by atoms with Crippen LogP contribution in [0.4, 0.5) is 0 Å². The second-order valence-corrected chi connectivity index (χ2v) is 8.35. The van der Waals surface area contributed by atoms with Crippen molar-refractivity contribution in [1.29, 1.82) is 0 Å². The lowest BCUT2D eigenvalue weighted by molar-refractivity contribution is 0.485. The predicted molar refractivity (Wildman–Crippen MR) is 80.8 cm³/mol. The van der Waals surface area contributed by atoms with E-state index < -0.39 is 10.0 Å². The van der Waals surface area contributed by atoms with Crippen LogP contribution in [0.1, 0.15) is 43.4 Å². The number of hydrogen-bond acceptors (Lipinski definition) is 4. The molecule has 1 heterocycles. The fourth-order valence-corrected chi connectivity index (χ4v) is 4.65. The van der Waals surface area contributed by atoms with Crippen molar-refractivity contribution in [1.82, 2.24) is 4.72 Å². The number of hydrogen-bond donors (Lipinski definition) is 2. The quantitative estimate of drug-likeness (QED) is 0.813. The molecule has 3 N–H and O–H groups in total. The first kappa shape index (κ1) is 16.6. The van der Waals surface area contributed by atoms with Crippen LogP contribution in [0.3, 0.4) is 0 Å². The molecule has 0 spiro atoms. The monoisotopic (exact) mass is 304 g/mol. The minimum absolute atomic E-state index is 0.0481. The Morgan fingerprint density at radius 3 is 2.42 bits per heavy atom. The van der Waals surface area contributed by atoms with E-state index in [2.05, 4.69) is 18.6 Å². The van der Waals surface area contributed by atoms with Gasteiger partial charge in [0.05, 0.1) is 4.90 Å². The average molecular weight is 304 g/mol. The molecule has 0 aliphatic heterocycles. The maximum atomic E-state index is 12.3. The van der Waals surface area contributed by atoms with Crippen LogP contribution in [0.15, 0.2) is 11.0 Å². The van der Waals surface area contributed by atoms with Gasteiger partial charge in [-0.3, -0.25) is 0 Å². The highest BCUT2D eigenvalue weighted by molar-refractivity contribution is 7.89. The maximum absolute atomic E-state index is 12.3. The summed E-state index contributed by atoms with van der Waals surface area (Å²) in [6.07, 6.45) is 1.87. The Morgan fingerprint density at radius 1 is 1.32 bits per heavy atom. The summed E-state index contributed by atoms with van der Waals surface area (Å²) in [6, 6.07) is 1.63.